The van der Waals surface area contributed by atoms with Crippen LogP contribution in [0.5, 0.6) is 0 Å². The second-order valence-corrected chi connectivity index (χ2v) is 4.63. The van der Waals surface area contributed by atoms with Crippen LogP contribution < -0.4 is 5.73 Å². The van der Waals surface area contributed by atoms with E-state index < -0.39 is 12.1 Å². The van der Waals surface area contributed by atoms with Crippen LogP contribution in [0.3, 0.4) is 0 Å². The highest BCUT2D eigenvalue weighted by molar-refractivity contribution is 7.13. The van der Waals surface area contributed by atoms with Crippen molar-refractivity contribution in [2.45, 2.75) is 26.9 Å². The van der Waals surface area contributed by atoms with Crippen LogP contribution in [0.2, 0.25) is 0 Å². The number of esters is 1. The molecular formula is C11H15N3O5S. The number of hydrogen-bond acceptors (Lipinski definition) is 9. The highest BCUT2D eigenvalue weighted by atomic mass is 32.1. The van der Waals surface area contributed by atoms with Gasteiger partial charge in [-0.25, -0.2) is 14.6 Å². The van der Waals surface area contributed by atoms with E-state index in [-0.39, 0.29) is 29.2 Å². The third-order valence-corrected chi connectivity index (χ3v) is 2.45. The predicted molar refractivity (Wildman–Crippen MR) is 72.4 cm³/mol. The Bertz CT molecular complexity index is 512. The van der Waals surface area contributed by atoms with E-state index in [1.807, 2.05) is 0 Å². The lowest BCUT2D eigenvalue weighted by Gasteiger charge is -2.06. The molecule has 20 heavy (non-hydrogen) atoms. The Hall–Kier alpha value is -2.16. The average molecular weight is 301 g/mol. The molecule has 0 bridgehead atoms. The van der Waals surface area contributed by atoms with Crippen molar-refractivity contribution < 1.29 is 23.9 Å². The van der Waals surface area contributed by atoms with Gasteiger partial charge in [-0.05, 0) is 20.8 Å². The number of anilines is 1. The lowest BCUT2D eigenvalue weighted by atomic mass is 10.3. The lowest BCUT2D eigenvalue weighted by molar-refractivity contribution is -0.135. The number of ether oxygens (including phenoxy) is 2. The minimum absolute atomic E-state index is 0.147. The maximum absolute atomic E-state index is 11.7. The van der Waals surface area contributed by atoms with Gasteiger partial charge < -0.3 is 15.2 Å². The third-order valence-electron chi connectivity index (χ3n) is 1.78. The van der Waals surface area contributed by atoms with Crippen molar-refractivity contribution in [3.05, 3.63) is 11.1 Å². The molecule has 0 aliphatic heterocycles. The minimum Gasteiger partial charge on any atom is -0.461 e. The van der Waals surface area contributed by atoms with Crippen molar-refractivity contribution in [1.82, 2.24) is 4.98 Å². The van der Waals surface area contributed by atoms with Crippen molar-refractivity contribution in [2.75, 3.05) is 12.3 Å². The monoisotopic (exact) mass is 301 g/mol. The van der Waals surface area contributed by atoms with Crippen LogP contribution in [0, 0.1) is 0 Å². The molecular weight excluding hydrogens is 286 g/mol. The zero-order chi connectivity index (χ0) is 15.1. The first kappa shape index (κ1) is 15.9. The van der Waals surface area contributed by atoms with E-state index in [0.29, 0.717) is 0 Å². The topological polar surface area (TPSA) is 113 Å². The summed E-state index contributed by atoms with van der Waals surface area (Å²) in [6.07, 6.45) is -1.39. The molecule has 1 aromatic rings. The number of rotatable bonds is 5. The average Bonchev–Trinajstić information content (AvgIpc) is 2.75. The van der Waals surface area contributed by atoms with Gasteiger partial charge >= 0.3 is 12.1 Å². The van der Waals surface area contributed by atoms with E-state index in [1.54, 1.807) is 20.8 Å². The summed E-state index contributed by atoms with van der Waals surface area (Å²) < 4.78 is 9.52. The number of carbonyl (C=O) groups is 2. The Kier molecular flexibility index (Phi) is 5.91. The molecule has 2 N–H and O–H groups in total. The van der Waals surface area contributed by atoms with Crippen LogP contribution in [0.15, 0.2) is 10.5 Å². The van der Waals surface area contributed by atoms with E-state index in [1.165, 1.54) is 5.38 Å². The molecule has 110 valence electrons. The van der Waals surface area contributed by atoms with Gasteiger partial charge in [0.2, 0.25) is 5.71 Å². The fourth-order valence-electron chi connectivity index (χ4n) is 1.08. The number of thiazole rings is 1. The summed E-state index contributed by atoms with van der Waals surface area (Å²) >= 11 is 1.12. The molecule has 0 aliphatic rings. The molecule has 8 nitrogen and oxygen atoms in total. The fraction of sp³-hybridized carbons (Fsp3) is 0.455. The van der Waals surface area contributed by atoms with Gasteiger partial charge in [-0.2, -0.15) is 0 Å². The van der Waals surface area contributed by atoms with Gasteiger partial charge in [0.1, 0.15) is 5.69 Å². The number of aromatic nitrogens is 1. The Balaban J connectivity index is 2.87. The van der Waals surface area contributed by atoms with Crippen LogP contribution >= 0.6 is 11.3 Å². The van der Waals surface area contributed by atoms with E-state index in [9.17, 15) is 9.59 Å². The molecule has 0 saturated heterocycles. The summed E-state index contributed by atoms with van der Waals surface area (Å²) in [5.41, 5.74) is 5.40. The number of hydrogen-bond donors (Lipinski definition) is 1. The first-order valence-electron chi connectivity index (χ1n) is 5.78. The van der Waals surface area contributed by atoms with E-state index >= 15 is 0 Å². The van der Waals surface area contributed by atoms with Crippen LogP contribution in [0.25, 0.3) is 0 Å². The van der Waals surface area contributed by atoms with E-state index in [0.717, 1.165) is 11.3 Å². The first-order chi connectivity index (χ1) is 9.43. The van der Waals surface area contributed by atoms with Gasteiger partial charge in [0.15, 0.2) is 5.13 Å². The molecule has 0 aliphatic carbocycles. The minimum atomic E-state index is -1.02. The Morgan fingerprint density at radius 3 is 2.70 bits per heavy atom. The van der Waals surface area contributed by atoms with E-state index in [4.69, 9.17) is 15.2 Å². The molecule has 0 atom stereocenters. The molecule has 1 heterocycles. The maximum atomic E-state index is 11.7. The fourth-order valence-corrected chi connectivity index (χ4v) is 1.63. The summed E-state index contributed by atoms with van der Waals surface area (Å²) in [4.78, 5) is 31.3. The van der Waals surface area contributed by atoms with Crippen LogP contribution in [0.1, 0.15) is 26.5 Å². The zero-order valence-corrected chi connectivity index (χ0v) is 12.1. The number of nitrogens with zero attached hydrogens (tertiary/aromatic N) is 2. The second-order valence-electron chi connectivity index (χ2n) is 3.74. The highest BCUT2D eigenvalue weighted by Crippen LogP contribution is 2.13. The number of nitrogen functional groups attached to an aromatic ring is 1. The van der Waals surface area contributed by atoms with Gasteiger partial charge in [0.25, 0.3) is 0 Å². The summed E-state index contributed by atoms with van der Waals surface area (Å²) in [6.45, 7) is 5.09. The van der Waals surface area contributed by atoms with Crippen LogP contribution in [-0.4, -0.2) is 35.5 Å². The molecule has 0 radical (unpaired) electrons. The summed E-state index contributed by atoms with van der Waals surface area (Å²) in [5.74, 6) is -0.768. The smallest absolute Gasteiger partial charge is 0.461 e. The van der Waals surface area contributed by atoms with Gasteiger partial charge in [0.05, 0.1) is 12.7 Å². The molecule has 0 saturated carbocycles. The van der Waals surface area contributed by atoms with Crippen LogP contribution in [0.4, 0.5) is 9.93 Å². The SMILES string of the molecule is CCOC(=O)/C(=N/OC(=O)OC(C)C)c1csc(N)n1. The standard InChI is InChI=1S/C11H15N3O5S/c1-4-17-9(15)8(7-5-20-10(12)13-7)14-19-11(16)18-6(2)3/h5-6H,4H2,1-3H3,(H2,12,13)/b14-8+. The highest BCUT2D eigenvalue weighted by Gasteiger charge is 2.20. The number of carbonyl (C=O) groups excluding carboxylic acids is 2. The Morgan fingerprint density at radius 1 is 1.50 bits per heavy atom. The van der Waals surface area contributed by atoms with Crippen LogP contribution in [-0.2, 0) is 19.1 Å². The molecule has 1 rings (SSSR count). The molecule has 0 unspecified atom stereocenters. The van der Waals surface area contributed by atoms with Gasteiger partial charge in [-0.15, -0.1) is 11.3 Å². The van der Waals surface area contributed by atoms with Crippen molar-refractivity contribution >= 4 is 34.3 Å². The summed E-state index contributed by atoms with van der Waals surface area (Å²) in [6, 6.07) is 0. The van der Waals surface area contributed by atoms with Crippen molar-refractivity contribution in [1.29, 1.82) is 0 Å². The maximum Gasteiger partial charge on any atom is 0.535 e. The molecule has 9 heteroatoms. The predicted octanol–water partition coefficient (Wildman–Crippen LogP) is 1.55. The normalized spacial score (nSPS) is 11.3. The lowest BCUT2D eigenvalue weighted by Crippen LogP contribution is -2.21. The number of nitrogens with two attached hydrogens (primary N) is 1. The zero-order valence-electron chi connectivity index (χ0n) is 11.3. The quantitative estimate of drug-likeness (QED) is 0.380. The first-order valence-corrected chi connectivity index (χ1v) is 6.66. The Labute approximate surface area is 119 Å². The Morgan fingerprint density at radius 2 is 2.20 bits per heavy atom. The van der Waals surface area contributed by atoms with Gasteiger partial charge in [-0.1, -0.05) is 5.16 Å². The molecule has 1 aromatic heterocycles. The van der Waals surface area contributed by atoms with Crippen molar-refractivity contribution in [3.8, 4) is 0 Å². The second kappa shape index (κ2) is 7.43. The molecule has 0 amide bonds. The number of oxime groups is 1. The van der Waals surface area contributed by atoms with Crippen molar-refractivity contribution in [2.24, 2.45) is 5.16 Å². The third kappa shape index (κ3) is 4.84. The van der Waals surface area contributed by atoms with E-state index in [2.05, 4.69) is 15.0 Å². The van der Waals surface area contributed by atoms with Gasteiger partial charge in [-0.3, -0.25) is 4.84 Å². The van der Waals surface area contributed by atoms with Crippen molar-refractivity contribution in [3.63, 3.8) is 0 Å². The molecule has 0 fully saturated rings. The van der Waals surface area contributed by atoms with Gasteiger partial charge in [0, 0.05) is 5.38 Å². The summed E-state index contributed by atoms with van der Waals surface area (Å²) in [5, 5.41) is 5.19. The largest absolute Gasteiger partial charge is 0.535 e. The summed E-state index contributed by atoms with van der Waals surface area (Å²) in [7, 11) is 0. The molecule has 0 aromatic carbocycles. The molecule has 0 spiro atoms.